The number of aryl methyl sites for hydroxylation is 1. The average Bonchev–Trinajstić information content (AvgIpc) is 2.47. The number of rotatable bonds is 6. The van der Waals surface area contributed by atoms with Gasteiger partial charge in [0.2, 0.25) is 0 Å². The van der Waals surface area contributed by atoms with Gasteiger partial charge in [0.05, 0.1) is 11.1 Å². The lowest BCUT2D eigenvalue weighted by Gasteiger charge is -2.01. The van der Waals surface area contributed by atoms with Crippen LogP contribution in [0.5, 0.6) is 0 Å². The molecule has 0 fully saturated rings. The Balaban J connectivity index is 2.46. The van der Waals surface area contributed by atoms with E-state index in [-0.39, 0.29) is 6.61 Å². The zero-order valence-corrected chi connectivity index (χ0v) is 10.0. The molecule has 0 amide bonds. The normalized spacial score (nSPS) is 11.3. The smallest absolute Gasteiger partial charge is 0.261 e. The Kier molecular flexibility index (Phi) is 5.17. The predicted molar refractivity (Wildman–Crippen MR) is 55.9 cm³/mol. The Labute approximate surface area is 95.5 Å². The third-order valence-electron chi connectivity index (χ3n) is 1.72. The van der Waals surface area contributed by atoms with Crippen LogP contribution in [-0.2, 0) is 17.9 Å². The summed E-state index contributed by atoms with van der Waals surface area (Å²) in [4.78, 5) is 0. The van der Waals surface area contributed by atoms with E-state index in [1.165, 1.54) is 0 Å². The lowest BCUT2D eigenvalue weighted by Crippen LogP contribution is -2.05. The molecule has 0 bridgehead atoms. The summed E-state index contributed by atoms with van der Waals surface area (Å²) < 4.78 is 31.0. The Morgan fingerprint density at radius 3 is 2.93 bits per heavy atom. The van der Waals surface area contributed by atoms with Gasteiger partial charge in [-0.15, -0.1) is 0 Å². The van der Waals surface area contributed by atoms with Crippen molar-refractivity contribution in [3.05, 3.63) is 16.4 Å². The highest BCUT2D eigenvalue weighted by Gasteiger charge is 2.08. The minimum atomic E-state index is -2.43. The van der Waals surface area contributed by atoms with E-state index in [1.54, 1.807) is 4.68 Å². The fourth-order valence-electron chi connectivity index (χ4n) is 1.12. The maximum atomic E-state index is 11.8. The van der Waals surface area contributed by atoms with E-state index in [9.17, 15) is 8.78 Å². The lowest BCUT2D eigenvalue weighted by atomic mass is 10.5. The summed E-state index contributed by atoms with van der Waals surface area (Å²) in [6.45, 7) is 2.42. The predicted octanol–water partition coefficient (Wildman–Crippen LogP) is 2.84. The number of hydrogen-bond acceptors (Lipinski definition) is 2. The van der Waals surface area contributed by atoms with Crippen molar-refractivity contribution in [1.82, 2.24) is 9.78 Å². The molecule has 0 atom stereocenters. The summed E-state index contributed by atoms with van der Waals surface area (Å²) in [6, 6.07) is 0. The molecule has 0 aliphatic carbocycles. The minimum absolute atomic E-state index is 0.113. The van der Waals surface area contributed by atoms with Crippen LogP contribution in [0.15, 0.2) is 10.7 Å². The third-order valence-corrected chi connectivity index (χ3v) is 2.38. The van der Waals surface area contributed by atoms with Crippen LogP contribution in [0.3, 0.4) is 0 Å². The Morgan fingerprint density at radius 2 is 2.33 bits per heavy atom. The van der Waals surface area contributed by atoms with Crippen molar-refractivity contribution in [3.63, 3.8) is 0 Å². The summed E-state index contributed by atoms with van der Waals surface area (Å²) in [5.74, 6) is 0. The van der Waals surface area contributed by atoms with Crippen molar-refractivity contribution < 1.29 is 13.5 Å². The van der Waals surface area contributed by atoms with Gasteiger partial charge in [0, 0.05) is 12.7 Å². The summed E-state index contributed by atoms with van der Waals surface area (Å²) in [5, 5.41) is 4.20. The number of aromatic nitrogens is 2. The van der Waals surface area contributed by atoms with Gasteiger partial charge in [-0.3, -0.25) is 4.68 Å². The molecule has 3 nitrogen and oxygen atoms in total. The van der Waals surface area contributed by atoms with Crippen LogP contribution >= 0.6 is 15.9 Å². The molecule has 1 aromatic rings. The van der Waals surface area contributed by atoms with Crippen LogP contribution in [0.25, 0.3) is 0 Å². The van der Waals surface area contributed by atoms with Gasteiger partial charge >= 0.3 is 0 Å². The molecule has 0 N–H and O–H groups in total. The van der Waals surface area contributed by atoms with E-state index < -0.39 is 13.0 Å². The SMILES string of the molecule is CCCn1cc(Br)c(COCC(F)F)n1. The van der Waals surface area contributed by atoms with Crippen LogP contribution < -0.4 is 0 Å². The van der Waals surface area contributed by atoms with Crippen molar-refractivity contribution in [2.24, 2.45) is 0 Å². The van der Waals surface area contributed by atoms with E-state index in [1.807, 2.05) is 13.1 Å². The van der Waals surface area contributed by atoms with Crippen LogP contribution in [0, 0.1) is 0 Å². The molecule has 0 aliphatic heterocycles. The number of ether oxygens (including phenoxy) is 1. The minimum Gasteiger partial charge on any atom is -0.369 e. The first-order valence-corrected chi connectivity index (χ1v) is 5.50. The van der Waals surface area contributed by atoms with Gasteiger partial charge in [-0.25, -0.2) is 8.78 Å². The first-order valence-electron chi connectivity index (χ1n) is 4.71. The van der Waals surface area contributed by atoms with Crippen molar-refractivity contribution in [2.45, 2.75) is 32.9 Å². The molecule has 0 aromatic carbocycles. The van der Waals surface area contributed by atoms with E-state index in [0.29, 0.717) is 5.69 Å². The molecule has 0 spiro atoms. The zero-order chi connectivity index (χ0) is 11.3. The highest BCUT2D eigenvalue weighted by atomic mass is 79.9. The van der Waals surface area contributed by atoms with Crippen molar-refractivity contribution in [1.29, 1.82) is 0 Å². The van der Waals surface area contributed by atoms with Gasteiger partial charge in [0.25, 0.3) is 6.43 Å². The second-order valence-electron chi connectivity index (χ2n) is 3.09. The number of nitrogens with zero attached hydrogens (tertiary/aromatic N) is 2. The lowest BCUT2D eigenvalue weighted by molar-refractivity contribution is 0.00851. The summed E-state index contributed by atoms with van der Waals surface area (Å²) in [5.41, 5.74) is 0.657. The second kappa shape index (κ2) is 6.17. The first-order chi connectivity index (χ1) is 7.13. The van der Waals surface area contributed by atoms with Crippen LogP contribution in [0.2, 0.25) is 0 Å². The molecule has 1 aromatic heterocycles. The van der Waals surface area contributed by atoms with Gasteiger partial charge in [0.15, 0.2) is 0 Å². The Hall–Kier alpha value is -0.490. The molecule has 6 heteroatoms. The molecular weight excluding hydrogens is 270 g/mol. The highest BCUT2D eigenvalue weighted by molar-refractivity contribution is 9.10. The molecule has 1 rings (SSSR count). The van der Waals surface area contributed by atoms with Gasteiger partial charge in [-0.2, -0.15) is 5.10 Å². The number of alkyl halides is 2. The standard InChI is InChI=1S/C9H13BrF2N2O/c1-2-3-14-4-7(10)8(13-14)5-15-6-9(11)12/h4,9H,2-3,5-6H2,1H3. The van der Waals surface area contributed by atoms with Gasteiger partial charge < -0.3 is 4.74 Å². The molecule has 0 radical (unpaired) electrons. The monoisotopic (exact) mass is 282 g/mol. The van der Waals surface area contributed by atoms with Gasteiger partial charge in [-0.1, -0.05) is 6.92 Å². The van der Waals surface area contributed by atoms with E-state index in [2.05, 4.69) is 21.0 Å². The average molecular weight is 283 g/mol. The molecule has 0 saturated heterocycles. The maximum Gasteiger partial charge on any atom is 0.261 e. The molecule has 86 valence electrons. The van der Waals surface area contributed by atoms with E-state index >= 15 is 0 Å². The van der Waals surface area contributed by atoms with Crippen molar-refractivity contribution >= 4 is 15.9 Å². The fourth-order valence-corrected chi connectivity index (χ4v) is 1.55. The van der Waals surface area contributed by atoms with E-state index in [4.69, 9.17) is 4.74 Å². The summed E-state index contributed by atoms with van der Waals surface area (Å²) in [6.07, 6.45) is 0.372. The topological polar surface area (TPSA) is 27.1 Å². The molecule has 1 heterocycles. The molecule has 0 aliphatic rings. The molecule has 15 heavy (non-hydrogen) atoms. The Morgan fingerprint density at radius 1 is 1.60 bits per heavy atom. The largest absolute Gasteiger partial charge is 0.369 e. The molecule has 0 saturated carbocycles. The molecule has 0 unspecified atom stereocenters. The zero-order valence-electron chi connectivity index (χ0n) is 8.42. The Bertz CT molecular complexity index is 304. The van der Waals surface area contributed by atoms with Crippen molar-refractivity contribution in [2.75, 3.05) is 6.61 Å². The fraction of sp³-hybridized carbons (Fsp3) is 0.667. The van der Waals surface area contributed by atoms with Crippen LogP contribution in [0.1, 0.15) is 19.0 Å². The maximum absolute atomic E-state index is 11.8. The van der Waals surface area contributed by atoms with Crippen molar-refractivity contribution in [3.8, 4) is 0 Å². The first kappa shape index (κ1) is 12.6. The van der Waals surface area contributed by atoms with E-state index in [0.717, 1.165) is 17.4 Å². The number of hydrogen-bond donors (Lipinski definition) is 0. The van der Waals surface area contributed by atoms with Crippen LogP contribution in [-0.4, -0.2) is 22.8 Å². The molecular formula is C9H13BrF2N2O. The summed E-state index contributed by atoms with van der Waals surface area (Å²) >= 11 is 3.30. The third kappa shape index (κ3) is 4.25. The van der Waals surface area contributed by atoms with Gasteiger partial charge in [-0.05, 0) is 22.4 Å². The highest BCUT2D eigenvalue weighted by Crippen LogP contribution is 2.16. The second-order valence-corrected chi connectivity index (χ2v) is 3.95. The summed E-state index contributed by atoms with van der Waals surface area (Å²) in [7, 11) is 0. The number of halogens is 3. The quantitative estimate of drug-likeness (QED) is 0.802. The van der Waals surface area contributed by atoms with Gasteiger partial charge in [0.1, 0.15) is 12.3 Å². The van der Waals surface area contributed by atoms with Crippen LogP contribution in [0.4, 0.5) is 8.78 Å².